The molecule has 0 aromatic heterocycles. The molecule has 284 valence electrons. The zero-order chi connectivity index (χ0) is 37.0. The normalized spacial score (nSPS) is 14.9. The van der Waals surface area contributed by atoms with E-state index in [-0.39, 0.29) is 38.6 Å². The summed E-state index contributed by atoms with van der Waals surface area (Å²) in [6.07, 6.45) is 7.71. The lowest BCUT2D eigenvalue weighted by Crippen LogP contribution is -3.13. The second kappa shape index (κ2) is 17.6. The second-order valence-corrected chi connectivity index (χ2v) is 16.2. The van der Waals surface area contributed by atoms with Gasteiger partial charge < -0.3 is 26.7 Å². The Labute approximate surface area is 311 Å². The van der Waals surface area contributed by atoms with Gasteiger partial charge in [0.1, 0.15) is 22.7 Å². The molecule has 0 spiro atoms. The Bertz CT molecular complexity index is 2330. The van der Waals surface area contributed by atoms with Crippen molar-refractivity contribution in [2.45, 2.75) is 47.7 Å². The van der Waals surface area contributed by atoms with Crippen LogP contribution in [0.2, 0.25) is 0 Å². The van der Waals surface area contributed by atoms with Crippen LogP contribution in [0.4, 0.5) is 5.69 Å². The lowest BCUT2D eigenvalue weighted by molar-refractivity contribution is -0.924. The number of benzene rings is 4. The van der Waals surface area contributed by atoms with E-state index in [1.54, 1.807) is 36.4 Å². The Balaban J connectivity index is 0.00000378. The van der Waals surface area contributed by atoms with Crippen LogP contribution in [0.1, 0.15) is 36.1 Å². The number of anilines is 1. The molecule has 0 fully saturated rings. The fourth-order valence-corrected chi connectivity index (χ4v) is 7.93. The monoisotopic (exact) mass is 786 g/mol. The molecule has 1 aliphatic rings. The summed E-state index contributed by atoms with van der Waals surface area (Å²) in [7, 11) is -13.5. The molecule has 4 aromatic carbocycles. The van der Waals surface area contributed by atoms with Crippen LogP contribution in [-0.4, -0.2) is 58.0 Å². The average Bonchev–Trinajstić information content (AvgIpc) is 3.10. The summed E-state index contributed by atoms with van der Waals surface area (Å²) in [6, 6.07) is 25.6. The minimum absolute atomic E-state index is 0. The van der Waals surface area contributed by atoms with Gasteiger partial charge >= 0.3 is 0 Å². The van der Waals surface area contributed by atoms with Crippen LogP contribution in [0, 0.1) is 0 Å². The van der Waals surface area contributed by atoms with Crippen molar-refractivity contribution in [1.29, 1.82) is 0 Å². The number of hydrogen-bond donors (Lipinski definition) is 5. The maximum absolute atomic E-state index is 12.4. The Hall–Kier alpha value is -4.49. The van der Waals surface area contributed by atoms with Crippen LogP contribution >= 0.6 is 0 Å². The van der Waals surface area contributed by atoms with Gasteiger partial charge in [0, 0.05) is 29.9 Å². The standard InChI is InChI=1S/C37H38N2O9S3.2H3N/c1-3-38(25-27-9-7-11-33(23-27)49(40,41)42)31-19-15-29(16-20-31)37(35-13-5-6-14-36(35)51(46,47)48)30-17-21-32(22-18-30)39(4-2)26-28-10-8-12-34(24-28)50(43,44)45;;/h5-24,31H,3-4,25-26H2,1-2H3,(H,40,41,42)(H,43,44,45)(H,46,47,48);2*1H3/p+2. The molecule has 1 unspecified atom stereocenters. The van der Waals surface area contributed by atoms with Crippen molar-refractivity contribution in [3.8, 4) is 0 Å². The van der Waals surface area contributed by atoms with Crippen molar-refractivity contribution >= 4 is 41.6 Å². The molecule has 1 atom stereocenters. The Morgan fingerprint density at radius 3 is 1.81 bits per heavy atom. The molecule has 16 heteroatoms. The first-order valence-electron chi connectivity index (χ1n) is 16.1. The number of nitrogens with one attached hydrogen (secondary N) is 1. The van der Waals surface area contributed by atoms with Crippen molar-refractivity contribution in [1.82, 2.24) is 12.3 Å². The van der Waals surface area contributed by atoms with Gasteiger partial charge in [-0.25, -0.2) is 8.42 Å². The van der Waals surface area contributed by atoms with E-state index >= 15 is 0 Å². The number of likely N-dealkylation sites (N-methyl/N-ethyl adjacent to an activating group) is 1. The molecule has 1 aliphatic carbocycles. The van der Waals surface area contributed by atoms with Crippen LogP contribution in [0.15, 0.2) is 142 Å². The lowest BCUT2D eigenvalue weighted by atomic mass is 9.90. The van der Waals surface area contributed by atoms with Gasteiger partial charge in [0.2, 0.25) is 0 Å². The SMILES string of the molecule is CCN(Cc1cccc(S(=O)(=O)O)c1)c1ccc(C(=C2C=CC([NH+](CC)Cc3cccc(S(=O)(=O)O)c3)C=C2)c2ccccc2S(=O)(=O)[O-])cc1.[NH4+].[NH4+]. The van der Waals surface area contributed by atoms with E-state index in [9.17, 15) is 38.9 Å². The molecule has 5 rings (SSSR count). The van der Waals surface area contributed by atoms with E-state index in [4.69, 9.17) is 0 Å². The van der Waals surface area contributed by atoms with Gasteiger partial charge in [-0.2, -0.15) is 16.8 Å². The predicted octanol–water partition coefficient (Wildman–Crippen LogP) is 5.26. The predicted molar refractivity (Wildman–Crippen MR) is 205 cm³/mol. The van der Waals surface area contributed by atoms with Crippen molar-refractivity contribution < 1.29 is 43.8 Å². The number of quaternary nitrogens is 3. The number of allylic oxidation sites excluding steroid dienone is 3. The first kappa shape index (κ1) is 42.9. The quantitative estimate of drug-likeness (QED) is 0.110. The van der Waals surface area contributed by atoms with E-state index in [1.807, 2.05) is 67.3 Å². The second-order valence-electron chi connectivity index (χ2n) is 12.0. The van der Waals surface area contributed by atoms with Gasteiger partial charge in [0.05, 0.1) is 21.2 Å². The van der Waals surface area contributed by atoms with Gasteiger partial charge in [-0.1, -0.05) is 66.7 Å². The van der Waals surface area contributed by atoms with Crippen LogP contribution in [0.25, 0.3) is 5.57 Å². The first-order chi connectivity index (χ1) is 24.1. The molecule has 0 aliphatic heterocycles. The summed E-state index contributed by atoms with van der Waals surface area (Å²) in [5.41, 5.74) is 4.33. The molecule has 0 heterocycles. The number of rotatable bonds is 13. The number of nitrogens with zero attached hydrogens (tertiary/aromatic N) is 1. The maximum atomic E-state index is 12.4. The summed E-state index contributed by atoms with van der Waals surface area (Å²) in [4.78, 5) is 2.37. The largest absolute Gasteiger partial charge is 0.744 e. The Morgan fingerprint density at radius 2 is 1.28 bits per heavy atom. The van der Waals surface area contributed by atoms with Gasteiger partial charge in [-0.3, -0.25) is 9.11 Å². The van der Waals surface area contributed by atoms with Crippen molar-refractivity contribution in [2.24, 2.45) is 0 Å². The first-order valence-corrected chi connectivity index (χ1v) is 20.4. The molecular weight excluding hydrogens is 741 g/mol. The summed E-state index contributed by atoms with van der Waals surface area (Å²) in [5, 5.41) is 0. The highest BCUT2D eigenvalue weighted by Crippen LogP contribution is 2.35. The molecule has 0 radical (unpaired) electrons. The molecule has 0 bridgehead atoms. The number of hydrogen-bond acceptors (Lipinski definition) is 8. The molecule has 4 aromatic rings. The van der Waals surface area contributed by atoms with E-state index in [1.165, 1.54) is 36.4 Å². The molecule has 0 amide bonds. The molecule has 0 saturated carbocycles. The van der Waals surface area contributed by atoms with Crippen molar-refractivity contribution in [3.05, 3.63) is 149 Å². The highest BCUT2D eigenvalue weighted by atomic mass is 32.2. The molecule has 53 heavy (non-hydrogen) atoms. The van der Waals surface area contributed by atoms with Crippen molar-refractivity contribution in [2.75, 3.05) is 18.0 Å². The fourth-order valence-electron chi connectivity index (χ4n) is 6.15. The average molecular weight is 787 g/mol. The van der Waals surface area contributed by atoms with Crippen LogP contribution in [-0.2, 0) is 43.4 Å². The Kier molecular flexibility index (Phi) is 14.2. The van der Waals surface area contributed by atoms with Gasteiger partial charge in [-0.15, -0.1) is 0 Å². The van der Waals surface area contributed by atoms with Crippen LogP contribution < -0.4 is 22.1 Å². The molecule has 11 N–H and O–H groups in total. The highest BCUT2D eigenvalue weighted by Gasteiger charge is 2.23. The smallest absolute Gasteiger partial charge is 0.294 e. The highest BCUT2D eigenvalue weighted by molar-refractivity contribution is 7.86. The maximum Gasteiger partial charge on any atom is 0.294 e. The lowest BCUT2D eigenvalue weighted by Gasteiger charge is -2.26. The zero-order valence-electron chi connectivity index (χ0n) is 29.9. The topological polar surface area (TPSA) is 247 Å². The third-order valence-electron chi connectivity index (χ3n) is 8.71. The van der Waals surface area contributed by atoms with Crippen LogP contribution in [0.3, 0.4) is 0 Å². The van der Waals surface area contributed by atoms with Gasteiger partial charge in [0.25, 0.3) is 20.2 Å². The summed E-state index contributed by atoms with van der Waals surface area (Å²) >= 11 is 0. The van der Waals surface area contributed by atoms with Gasteiger partial charge in [-0.05, 0) is 90.7 Å². The molecule has 0 saturated heterocycles. The third kappa shape index (κ3) is 10.6. The summed E-state index contributed by atoms with van der Waals surface area (Å²) in [5.74, 6) is 0. The summed E-state index contributed by atoms with van der Waals surface area (Å²) in [6.45, 7) is 6.04. The zero-order valence-corrected chi connectivity index (χ0v) is 32.3. The van der Waals surface area contributed by atoms with E-state index < -0.39 is 30.4 Å². The fraction of sp³-hybridized carbons (Fsp3) is 0.189. The summed E-state index contributed by atoms with van der Waals surface area (Å²) < 4.78 is 103. The Morgan fingerprint density at radius 1 is 0.736 bits per heavy atom. The molecular formula is C37H46N4O9S3+2. The minimum atomic E-state index is -4.84. The molecule has 13 nitrogen and oxygen atoms in total. The van der Waals surface area contributed by atoms with E-state index in [2.05, 4.69) is 0 Å². The van der Waals surface area contributed by atoms with Crippen LogP contribution in [0.5, 0.6) is 0 Å². The minimum Gasteiger partial charge on any atom is -0.744 e. The van der Waals surface area contributed by atoms with E-state index in [0.29, 0.717) is 48.5 Å². The third-order valence-corrected chi connectivity index (χ3v) is 11.3. The van der Waals surface area contributed by atoms with Gasteiger partial charge in [0.15, 0.2) is 0 Å². The van der Waals surface area contributed by atoms with Crippen molar-refractivity contribution in [3.63, 3.8) is 0 Å². The van der Waals surface area contributed by atoms with E-state index in [0.717, 1.165) is 16.2 Å².